The molecule has 0 saturated heterocycles. The fourth-order valence-corrected chi connectivity index (χ4v) is 3.96. The van der Waals surface area contributed by atoms with E-state index >= 15 is 0 Å². The van der Waals surface area contributed by atoms with E-state index in [2.05, 4.69) is 23.3 Å². The van der Waals surface area contributed by atoms with Crippen LogP contribution in [0, 0.1) is 6.92 Å². The first kappa shape index (κ1) is 30.6. The van der Waals surface area contributed by atoms with E-state index in [0.717, 1.165) is 19.3 Å². The van der Waals surface area contributed by atoms with E-state index < -0.39 is 29.7 Å². The zero-order valence-corrected chi connectivity index (χ0v) is 23.1. The van der Waals surface area contributed by atoms with E-state index in [1.165, 1.54) is 4.90 Å². The first-order valence-corrected chi connectivity index (χ1v) is 13.0. The molecule has 0 heterocycles. The molecule has 198 valence electrons. The number of hydrogen-bond acceptors (Lipinski definition) is 6. The lowest BCUT2D eigenvalue weighted by Crippen LogP contribution is -2.54. The number of nitrogens with one attached hydrogen (secondary N) is 2. The van der Waals surface area contributed by atoms with Crippen molar-refractivity contribution in [1.82, 2.24) is 15.5 Å². The number of aromatic hydroxyl groups is 1. The maximum atomic E-state index is 13.8. The van der Waals surface area contributed by atoms with Gasteiger partial charge in [-0.2, -0.15) is 12.6 Å². The SMILES string of the molecule is CCCCN(C(=O)C(CS)NC(=O)OC(C)(C)C)C(C(=O)NC(C)CCC)c1cccc(C)c1O. The van der Waals surface area contributed by atoms with Gasteiger partial charge in [0.25, 0.3) is 0 Å². The highest BCUT2D eigenvalue weighted by Crippen LogP contribution is 2.32. The number of nitrogens with zero attached hydrogens (tertiary/aromatic N) is 1. The van der Waals surface area contributed by atoms with Gasteiger partial charge in [0.2, 0.25) is 11.8 Å². The Morgan fingerprint density at radius 1 is 1.14 bits per heavy atom. The van der Waals surface area contributed by atoms with Crippen LogP contribution < -0.4 is 10.6 Å². The van der Waals surface area contributed by atoms with Crippen LogP contribution in [0.2, 0.25) is 0 Å². The number of benzene rings is 1. The van der Waals surface area contributed by atoms with Gasteiger partial charge in [-0.25, -0.2) is 4.79 Å². The van der Waals surface area contributed by atoms with Crippen molar-refractivity contribution in [2.75, 3.05) is 12.3 Å². The van der Waals surface area contributed by atoms with Gasteiger partial charge < -0.3 is 25.4 Å². The lowest BCUT2D eigenvalue weighted by atomic mass is 9.98. The summed E-state index contributed by atoms with van der Waals surface area (Å²) in [5, 5.41) is 16.4. The van der Waals surface area contributed by atoms with Crippen molar-refractivity contribution >= 4 is 30.5 Å². The van der Waals surface area contributed by atoms with Gasteiger partial charge in [-0.1, -0.05) is 44.9 Å². The number of amides is 3. The van der Waals surface area contributed by atoms with Gasteiger partial charge in [-0.15, -0.1) is 0 Å². The molecule has 1 aromatic carbocycles. The summed E-state index contributed by atoms with van der Waals surface area (Å²) < 4.78 is 5.31. The minimum atomic E-state index is -1.07. The second-order valence-corrected chi connectivity index (χ2v) is 10.2. The van der Waals surface area contributed by atoms with Gasteiger partial charge >= 0.3 is 6.09 Å². The lowest BCUT2D eigenvalue weighted by Gasteiger charge is -2.35. The molecule has 8 nitrogen and oxygen atoms in total. The molecule has 0 bridgehead atoms. The molecule has 3 N–H and O–H groups in total. The molecule has 1 rings (SSSR count). The number of rotatable bonds is 12. The van der Waals surface area contributed by atoms with Crippen LogP contribution in [-0.4, -0.2) is 57.9 Å². The quantitative estimate of drug-likeness (QED) is 0.310. The largest absolute Gasteiger partial charge is 0.507 e. The zero-order valence-electron chi connectivity index (χ0n) is 22.2. The predicted octanol–water partition coefficient (Wildman–Crippen LogP) is 4.50. The van der Waals surface area contributed by atoms with Crippen LogP contribution in [0.3, 0.4) is 0 Å². The van der Waals surface area contributed by atoms with Gasteiger partial charge in [0.15, 0.2) is 0 Å². The van der Waals surface area contributed by atoms with Crippen LogP contribution in [0.4, 0.5) is 4.79 Å². The van der Waals surface area contributed by atoms with Gasteiger partial charge in [0.05, 0.1) is 0 Å². The summed E-state index contributed by atoms with van der Waals surface area (Å²) in [5.74, 6) is -0.872. The number of para-hydroxylation sites is 1. The van der Waals surface area contributed by atoms with Crippen LogP contribution >= 0.6 is 12.6 Å². The summed E-state index contributed by atoms with van der Waals surface area (Å²) in [6.07, 6.45) is 2.35. The molecule has 0 fully saturated rings. The zero-order chi connectivity index (χ0) is 26.8. The number of phenolic OH excluding ortho intramolecular Hbond substituents is 1. The molecule has 35 heavy (non-hydrogen) atoms. The second kappa shape index (κ2) is 14.2. The summed E-state index contributed by atoms with van der Waals surface area (Å²) in [7, 11) is 0. The summed E-state index contributed by atoms with van der Waals surface area (Å²) in [6, 6.07) is 2.95. The van der Waals surface area contributed by atoms with Crippen LogP contribution in [0.25, 0.3) is 0 Å². The van der Waals surface area contributed by atoms with E-state index in [-0.39, 0.29) is 30.0 Å². The molecule has 3 unspecified atom stereocenters. The van der Waals surface area contributed by atoms with Gasteiger partial charge in [-0.3, -0.25) is 9.59 Å². The van der Waals surface area contributed by atoms with E-state index in [9.17, 15) is 19.5 Å². The number of aryl methyl sites for hydroxylation is 1. The lowest BCUT2D eigenvalue weighted by molar-refractivity contribution is -0.142. The highest BCUT2D eigenvalue weighted by molar-refractivity contribution is 7.80. The molecule has 9 heteroatoms. The van der Waals surface area contributed by atoms with E-state index in [1.807, 2.05) is 20.8 Å². The Morgan fingerprint density at radius 2 is 1.80 bits per heavy atom. The summed E-state index contributed by atoms with van der Waals surface area (Å²) in [6.45, 7) is 13.1. The summed E-state index contributed by atoms with van der Waals surface area (Å²) in [4.78, 5) is 41.2. The number of unbranched alkanes of at least 4 members (excludes halogenated alkanes) is 1. The smallest absolute Gasteiger partial charge is 0.408 e. The Morgan fingerprint density at radius 3 is 2.34 bits per heavy atom. The molecule has 1 aromatic rings. The minimum Gasteiger partial charge on any atom is -0.507 e. The number of alkyl carbamates (subject to hydrolysis) is 1. The second-order valence-electron chi connectivity index (χ2n) is 9.88. The van der Waals surface area contributed by atoms with E-state index in [4.69, 9.17) is 4.74 Å². The standard InChI is InChI=1S/C26H43N3O5S/c1-8-10-15-29(24(32)20(16-35)28-25(33)34-26(5,6)7)21(23(31)27-18(4)12-9-2)19-14-11-13-17(3)22(19)30/h11,13-14,18,20-21,30,35H,8-10,12,15-16H2,1-7H3,(H,27,31)(H,28,33). The first-order chi connectivity index (χ1) is 16.4. The van der Waals surface area contributed by atoms with Crippen molar-refractivity contribution in [3.05, 3.63) is 29.3 Å². The average Bonchev–Trinajstić information content (AvgIpc) is 2.75. The van der Waals surface area contributed by atoms with Crippen molar-refractivity contribution in [1.29, 1.82) is 0 Å². The van der Waals surface area contributed by atoms with Crippen LogP contribution in [0.15, 0.2) is 18.2 Å². The predicted molar refractivity (Wildman–Crippen MR) is 142 cm³/mol. The van der Waals surface area contributed by atoms with Gasteiger partial charge in [-0.05, 0) is 53.0 Å². The van der Waals surface area contributed by atoms with Crippen LogP contribution in [-0.2, 0) is 14.3 Å². The highest BCUT2D eigenvalue weighted by atomic mass is 32.1. The Kier molecular flexibility index (Phi) is 12.4. The Labute approximate surface area is 215 Å². The maximum absolute atomic E-state index is 13.8. The monoisotopic (exact) mass is 509 g/mol. The number of phenols is 1. The molecular weight excluding hydrogens is 466 g/mol. The molecule has 0 saturated carbocycles. The number of carbonyl (C=O) groups excluding carboxylic acids is 3. The number of carbonyl (C=O) groups is 3. The van der Waals surface area contributed by atoms with E-state index in [0.29, 0.717) is 17.5 Å². The normalized spacial score (nSPS) is 13.9. The third-order valence-electron chi connectivity index (χ3n) is 5.44. The van der Waals surface area contributed by atoms with Crippen molar-refractivity contribution in [2.24, 2.45) is 0 Å². The Balaban J connectivity index is 3.46. The first-order valence-electron chi connectivity index (χ1n) is 12.4. The molecule has 0 spiro atoms. The van der Waals surface area contributed by atoms with Gasteiger partial charge in [0, 0.05) is 23.9 Å². The van der Waals surface area contributed by atoms with Gasteiger partial charge in [0.1, 0.15) is 23.4 Å². The van der Waals surface area contributed by atoms with Crippen molar-refractivity contribution < 1.29 is 24.2 Å². The fourth-order valence-electron chi connectivity index (χ4n) is 3.71. The number of hydrogen-bond donors (Lipinski definition) is 4. The Bertz CT molecular complexity index is 856. The summed E-state index contributed by atoms with van der Waals surface area (Å²) in [5.41, 5.74) is 0.203. The van der Waals surface area contributed by atoms with Crippen molar-refractivity contribution in [2.45, 2.75) is 97.9 Å². The summed E-state index contributed by atoms with van der Waals surface area (Å²) >= 11 is 4.29. The molecule has 0 aromatic heterocycles. The average molecular weight is 510 g/mol. The molecule has 0 aliphatic heterocycles. The van der Waals surface area contributed by atoms with Crippen LogP contribution in [0.1, 0.15) is 84.4 Å². The fraction of sp³-hybridized carbons (Fsp3) is 0.654. The maximum Gasteiger partial charge on any atom is 0.408 e. The molecule has 0 aliphatic rings. The third-order valence-corrected chi connectivity index (χ3v) is 5.81. The molecular formula is C26H43N3O5S. The topological polar surface area (TPSA) is 108 Å². The van der Waals surface area contributed by atoms with Crippen molar-refractivity contribution in [3.8, 4) is 5.75 Å². The highest BCUT2D eigenvalue weighted by Gasteiger charge is 2.37. The molecule has 3 amide bonds. The molecule has 0 radical (unpaired) electrons. The minimum absolute atomic E-state index is 0.0150. The van der Waals surface area contributed by atoms with E-state index in [1.54, 1.807) is 45.9 Å². The van der Waals surface area contributed by atoms with Crippen LogP contribution in [0.5, 0.6) is 5.75 Å². The molecule has 3 atom stereocenters. The third kappa shape index (κ3) is 9.63. The number of thiol groups is 1. The number of ether oxygens (including phenoxy) is 1. The molecule has 0 aliphatic carbocycles. The Hall–Kier alpha value is -2.42. The van der Waals surface area contributed by atoms with Crippen molar-refractivity contribution in [3.63, 3.8) is 0 Å².